The normalized spacial score (nSPS) is 20.3. The molecule has 0 aromatic heterocycles. The maximum absolute atomic E-state index is 12.5. The highest BCUT2D eigenvalue weighted by Gasteiger charge is 2.30. The van der Waals surface area contributed by atoms with Crippen molar-refractivity contribution in [2.24, 2.45) is 0 Å². The van der Waals surface area contributed by atoms with Gasteiger partial charge in [-0.05, 0) is 24.6 Å². The van der Waals surface area contributed by atoms with Crippen LogP contribution < -0.4 is 14.8 Å². The quantitative estimate of drug-likeness (QED) is 0.735. The maximum Gasteiger partial charge on any atom is 0.251 e. The molecule has 1 aliphatic rings. The Morgan fingerprint density at radius 3 is 2.54 bits per heavy atom. The molecular weight excluding hydrogens is 338 g/mol. The Balaban J connectivity index is 1.95. The van der Waals surface area contributed by atoms with Gasteiger partial charge in [0.15, 0.2) is 11.5 Å². The van der Waals surface area contributed by atoms with Crippen LogP contribution in [0.5, 0.6) is 11.5 Å². The van der Waals surface area contributed by atoms with E-state index in [2.05, 4.69) is 5.32 Å². The van der Waals surface area contributed by atoms with Gasteiger partial charge in [-0.25, -0.2) is 0 Å². The van der Waals surface area contributed by atoms with Crippen molar-refractivity contribution in [3.8, 4) is 11.5 Å². The number of benzene rings is 1. The second-order valence-corrected chi connectivity index (χ2v) is 6.53. The number of likely N-dealkylation sites (tertiary alicyclic amines) is 1. The molecule has 0 aliphatic carbocycles. The van der Waals surface area contributed by atoms with Gasteiger partial charge < -0.3 is 24.8 Å². The van der Waals surface area contributed by atoms with Gasteiger partial charge >= 0.3 is 0 Å². The van der Waals surface area contributed by atoms with E-state index in [-0.39, 0.29) is 24.4 Å². The topological polar surface area (TPSA) is 91.3 Å². The van der Waals surface area contributed by atoms with Crippen molar-refractivity contribution in [1.82, 2.24) is 15.1 Å². The minimum absolute atomic E-state index is 0.00925. The van der Waals surface area contributed by atoms with E-state index in [4.69, 9.17) is 9.47 Å². The molecule has 1 fully saturated rings. The standard InChI is InChI=1S/C18H27N3O5/c1-20(2)17(23)11-21-8-7-13(14(22)10-21)19-18(24)12-5-6-15(25-3)16(9-12)26-4/h5-6,9,13-14,22H,7-8,10-11H2,1-4H3,(H,19,24)/t13-,14-/m1/s1. The van der Waals surface area contributed by atoms with E-state index in [9.17, 15) is 14.7 Å². The summed E-state index contributed by atoms with van der Waals surface area (Å²) >= 11 is 0. The van der Waals surface area contributed by atoms with Crippen molar-refractivity contribution in [2.45, 2.75) is 18.6 Å². The van der Waals surface area contributed by atoms with Gasteiger partial charge in [-0.1, -0.05) is 0 Å². The smallest absolute Gasteiger partial charge is 0.251 e. The molecule has 8 heteroatoms. The summed E-state index contributed by atoms with van der Waals surface area (Å²) in [6, 6.07) is 4.56. The van der Waals surface area contributed by atoms with E-state index in [0.717, 1.165) is 0 Å². The molecule has 1 aromatic carbocycles. The maximum atomic E-state index is 12.5. The fourth-order valence-corrected chi connectivity index (χ4v) is 2.87. The van der Waals surface area contributed by atoms with E-state index in [1.807, 2.05) is 4.90 Å². The number of carbonyl (C=O) groups is 2. The Hall–Kier alpha value is -2.32. The summed E-state index contributed by atoms with van der Waals surface area (Å²) < 4.78 is 10.4. The average Bonchev–Trinajstić information content (AvgIpc) is 2.63. The van der Waals surface area contributed by atoms with Crippen molar-refractivity contribution in [3.63, 3.8) is 0 Å². The van der Waals surface area contributed by atoms with Gasteiger partial charge in [0.05, 0.1) is 32.9 Å². The SMILES string of the molecule is COc1ccc(C(=O)N[C@@H]2CCN(CC(=O)N(C)C)C[C@H]2O)cc1OC. The first kappa shape index (κ1) is 20.0. The number of nitrogens with zero attached hydrogens (tertiary/aromatic N) is 2. The zero-order chi connectivity index (χ0) is 19.3. The molecule has 0 bridgehead atoms. The molecule has 8 nitrogen and oxygen atoms in total. The average molecular weight is 365 g/mol. The van der Waals surface area contributed by atoms with Gasteiger partial charge in [0, 0.05) is 32.7 Å². The number of aliphatic hydroxyl groups is 1. The van der Waals surface area contributed by atoms with E-state index in [1.54, 1.807) is 32.3 Å². The number of amides is 2. The Labute approximate surface area is 153 Å². The Bertz CT molecular complexity index is 650. The van der Waals surface area contributed by atoms with Crippen LogP contribution in [0.15, 0.2) is 18.2 Å². The number of hydrogen-bond donors (Lipinski definition) is 2. The fraction of sp³-hybridized carbons (Fsp3) is 0.556. The number of likely N-dealkylation sites (N-methyl/N-ethyl adjacent to an activating group) is 1. The zero-order valence-corrected chi connectivity index (χ0v) is 15.7. The lowest BCUT2D eigenvalue weighted by molar-refractivity contribution is -0.130. The van der Waals surface area contributed by atoms with Gasteiger partial charge in [0.2, 0.25) is 5.91 Å². The predicted molar refractivity (Wildman–Crippen MR) is 96.6 cm³/mol. The van der Waals surface area contributed by atoms with Crippen molar-refractivity contribution < 1.29 is 24.2 Å². The number of hydrogen-bond acceptors (Lipinski definition) is 6. The first-order valence-corrected chi connectivity index (χ1v) is 8.49. The number of ether oxygens (including phenoxy) is 2. The summed E-state index contributed by atoms with van der Waals surface area (Å²) in [5.41, 5.74) is 0.431. The minimum atomic E-state index is -0.734. The number of nitrogens with one attached hydrogen (secondary N) is 1. The second kappa shape index (κ2) is 8.86. The van der Waals surface area contributed by atoms with E-state index < -0.39 is 6.10 Å². The Kier molecular flexibility index (Phi) is 6.82. The van der Waals surface area contributed by atoms with Crippen molar-refractivity contribution >= 4 is 11.8 Å². The van der Waals surface area contributed by atoms with Crippen molar-refractivity contribution in [1.29, 1.82) is 0 Å². The van der Waals surface area contributed by atoms with E-state index >= 15 is 0 Å². The summed E-state index contributed by atoms with van der Waals surface area (Å²) in [6.07, 6.45) is -0.163. The van der Waals surface area contributed by atoms with Gasteiger partial charge in [-0.3, -0.25) is 14.5 Å². The number of aliphatic hydroxyl groups excluding tert-OH is 1. The van der Waals surface area contributed by atoms with Gasteiger partial charge in [0.25, 0.3) is 5.91 Å². The van der Waals surface area contributed by atoms with Crippen LogP contribution in [0.2, 0.25) is 0 Å². The summed E-state index contributed by atoms with van der Waals surface area (Å²) in [4.78, 5) is 27.7. The molecule has 0 radical (unpaired) electrons. The van der Waals surface area contributed by atoms with Gasteiger partial charge in [-0.15, -0.1) is 0 Å². The Morgan fingerprint density at radius 2 is 1.96 bits per heavy atom. The zero-order valence-electron chi connectivity index (χ0n) is 15.7. The van der Waals surface area contributed by atoms with Crippen LogP contribution >= 0.6 is 0 Å². The number of carbonyl (C=O) groups excluding carboxylic acids is 2. The molecule has 1 heterocycles. The molecule has 1 saturated heterocycles. The summed E-state index contributed by atoms with van der Waals surface area (Å²) in [6.45, 7) is 1.24. The molecule has 144 valence electrons. The molecule has 2 amide bonds. The third-order valence-corrected chi connectivity index (χ3v) is 4.49. The lowest BCUT2D eigenvalue weighted by Crippen LogP contribution is -2.55. The molecular formula is C18H27N3O5. The van der Waals surface area contributed by atoms with Crippen LogP contribution in [-0.4, -0.2) is 86.8 Å². The second-order valence-electron chi connectivity index (χ2n) is 6.53. The highest BCUT2D eigenvalue weighted by Crippen LogP contribution is 2.27. The van der Waals surface area contributed by atoms with Crippen LogP contribution in [0.4, 0.5) is 0 Å². The van der Waals surface area contributed by atoms with Crippen LogP contribution in [0.25, 0.3) is 0 Å². The number of β-amino-alcohol motifs (C(OH)–C–C–N with tert-alkyl or cyclic N) is 1. The molecule has 0 spiro atoms. The monoisotopic (exact) mass is 365 g/mol. The highest BCUT2D eigenvalue weighted by atomic mass is 16.5. The fourth-order valence-electron chi connectivity index (χ4n) is 2.87. The lowest BCUT2D eigenvalue weighted by Gasteiger charge is -2.36. The first-order valence-electron chi connectivity index (χ1n) is 8.49. The largest absolute Gasteiger partial charge is 0.493 e. The molecule has 1 aromatic rings. The third-order valence-electron chi connectivity index (χ3n) is 4.49. The number of methoxy groups -OCH3 is 2. The summed E-state index contributed by atoms with van der Waals surface area (Å²) in [5, 5.41) is 13.2. The van der Waals surface area contributed by atoms with Crippen LogP contribution in [-0.2, 0) is 4.79 Å². The molecule has 2 atom stereocenters. The molecule has 1 aliphatic heterocycles. The summed E-state index contributed by atoms with van der Waals surface area (Å²) in [5.74, 6) is 0.721. The van der Waals surface area contributed by atoms with Gasteiger partial charge in [-0.2, -0.15) is 0 Å². The van der Waals surface area contributed by atoms with Gasteiger partial charge in [0.1, 0.15) is 0 Å². The highest BCUT2D eigenvalue weighted by molar-refractivity contribution is 5.95. The first-order chi connectivity index (χ1) is 12.3. The molecule has 2 N–H and O–H groups in total. The van der Waals surface area contributed by atoms with E-state index in [1.165, 1.54) is 19.1 Å². The molecule has 26 heavy (non-hydrogen) atoms. The Morgan fingerprint density at radius 1 is 1.27 bits per heavy atom. The number of rotatable bonds is 6. The minimum Gasteiger partial charge on any atom is -0.493 e. The van der Waals surface area contributed by atoms with Crippen LogP contribution in [0, 0.1) is 0 Å². The van der Waals surface area contributed by atoms with Crippen LogP contribution in [0.1, 0.15) is 16.8 Å². The van der Waals surface area contributed by atoms with Crippen molar-refractivity contribution in [3.05, 3.63) is 23.8 Å². The molecule has 0 saturated carbocycles. The number of piperidine rings is 1. The predicted octanol–water partition coefficient (Wildman–Crippen LogP) is -0.0430. The van der Waals surface area contributed by atoms with Crippen LogP contribution in [0.3, 0.4) is 0 Å². The summed E-state index contributed by atoms with van der Waals surface area (Å²) in [7, 11) is 6.44. The lowest BCUT2D eigenvalue weighted by atomic mass is 10.0. The molecule has 0 unspecified atom stereocenters. The third kappa shape index (κ3) is 4.86. The molecule has 2 rings (SSSR count). The van der Waals surface area contributed by atoms with E-state index in [0.29, 0.717) is 36.6 Å². The van der Waals surface area contributed by atoms with Crippen molar-refractivity contribution in [2.75, 3.05) is 47.9 Å².